The number of rotatable bonds is 6. The third-order valence-corrected chi connectivity index (χ3v) is 6.06. The Morgan fingerprint density at radius 1 is 1.22 bits per heavy atom. The molecular weight excluding hydrogens is 252 g/mol. The van der Waals surface area contributed by atoms with Gasteiger partial charge in [-0.3, -0.25) is 4.79 Å². The Balaban J connectivity index is 1.75. The van der Waals surface area contributed by atoms with Crippen molar-refractivity contribution in [3.05, 3.63) is 0 Å². The van der Waals surface area contributed by atoms with Crippen molar-refractivity contribution in [2.75, 3.05) is 12.3 Å². The molecule has 0 heterocycles. The standard InChI is InChI=1S/C12H22N2O3S/c13-11(9-5-6-9)7-14-12(15)8-18(16,17)10-3-1-2-4-10/h9-11H,1-8,13H2,(H,14,15). The van der Waals surface area contributed by atoms with E-state index in [0.29, 0.717) is 25.3 Å². The van der Waals surface area contributed by atoms with E-state index in [-0.39, 0.29) is 17.0 Å². The number of amides is 1. The Morgan fingerprint density at radius 2 is 1.83 bits per heavy atom. The van der Waals surface area contributed by atoms with Gasteiger partial charge in [0.2, 0.25) is 5.91 Å². The van der Waals surface area contributed by atoms with Crippen LogP contribution in [0.4, 0.5) is 0 Å². The minimum absolute atomic E-state index is 0.0249. The normalized spacial score (nSPS) is 22.9. The number of nitrogens with one attached hydrogen (secondary N) is 1. The van der Waals surface area contributed by atoms with Crippen molar-refractivity contribution in [2.45, 2.75) is 49.8 Å². The third kappa shape index (κ3) is 3.68. The van der Waals surface area contributed by atoms with Crippen LogP contribution in [0.15, 0.2) is 0 Å². The van der Waals surface area contributed by atoms with Crippen LogP contribution < -0.4 is 11.1 Å². The van der Waals surface area contributed by atoms with Crippen LogP contribution in [0, 0.1) is 5.92 Å². The zero-order valence-corrected chi connectivity index (χ0v) is 11.4. The molecule has 104 valence electrons. The van der Waals surface area contributed by atoms with Gasteiger partial charge in [0.05, 0.1) is 5.25 Å². The van der Waals surface area contributed by atoms with Gasteiger partial charge in [-0.05, 0) is 31.6 Å². The number of carbonyl (C=O) groups is 1. The molecule has 6 heteroatoms. The monoisotopic (exact) mass is 274 g/mol. The molecule has 1 atom stereocenters. The molecule has 0 aromatic carbocycles. The second-order valence-corrected chi connectivity index (χ2v) is 7.80. The molecule has 0 radical (unpaired) electrons. The van der Waals surface area contributed by atoms with Gasteiger partial charge in [0, 0.05) is 12.6 Å². The predicted octanol–water partition coefficient (Wildman–Crippen LogP) is 0.197. The molecule has 0 saturated heterocycles. The van der Waals surface area contributed by atoms with Gasteiger partial charge in [0.15, 0.2) is 9.84 Å². The average Bonchev–Trinajstić information content (AvgIpc) is 2.99. The van der Waals surface area contributed by atoms with Crippen LogP contribution in [-0.2, 0) is 14.6 Å². The molecular formula is C12H22N2O3S. The maximum Gasteiger partial charge on any atom is 0.235 e. The second kappa shape index (κ2) is 5.57. The van der Waals surface area contributed by atoms with Crippen molar-refractivity contribution < 1.29 is 13.2 Å². The van der Waals surface area contributed by atoms with Gasteiger partial charge >= 0.3 is 0 Å². The molecule has 5 nitrogen and oxygen atoms in total. The molecule has 0 spiro atoms. The van der Waals surface area contributed by atoms with E-state index < -0.39 is 15.7 Å². The maximum atomic E-state index is 11.9. The molecule has 3 N–H and O–H groups in total. The minimum atomic E-state index is -3.26. The zero-order chi connectivity index (χ0) is 13.2. The minimum Gasteiger partial charge on any atom is -0.354 e. The summed E-state index contributed by atoms with van der Waals surface area (Å²) >= 11 is 0. The summed E-state index contributed by atoms with van der Waals surface area (Å²) in [5.41, 5.74) is 5.85. The highest BCUT2D eigenvalue weighted by Crippen LogP contribution is 2.31. The van der Waals surface area contributed by atoms with E-state index in [0.717, 1.165) is 25.7 Å². The quantitative estimate of drug-likeness (QED) is 0.724. The number of hydrogen-bond acceptors (Lipinski definition) is 4. The molecule has 2 aliphatic carbocycles. The summed E-state index contributed by atoms with van der Waals surface area (Å²) in [6.45, 7) is 0.393. The largest absolute Gasteiger partial charge is 0.354 e. The number of nitrogens with two attached hydrogens (primary N) is 1. The molecule has 2 rings (SSSR count). The first-order valence-electron chi connectivity index (χ1n) is 6.73. The molecule has 0 aliphatic heterocycles. The van der Waals surface area contributed by atoms with Crippen molar-refractivity contribution in [1.29, 1.82) is 0 Å². The lowest BCUT2D eigenvalue weighted by molar-refractivity contribution is -0.118. The summed E-state index contributed by atoms with van der Waals surface area (Å²) in [6, 6.07) is -0.0249. The lowest BCUT2D eigenvalue weighted by Crippen LogP contribution is -2.41. The fourth-order valence-electron chi connectivity index (χ4n) is 2.52. The van der Waals surface area contributed by atoms with Gasteiger partial charge in [-0.15, -0.1) is 0 Å². The van der Waals surface area contributed by atoms with Crippen molar-refractivity contribution in [1.82, 2.24) is 5.32 Å². The fraction of sp³-hybridized carbons (Fsp3) is 0.917. The van der Waals surface area contributed by atoms with Crippen molar-refractivity contribution >= 4 is 15.7 Å². The van der Waals surface area contributed by atoms with Crippen LogP contribution in [0.3, 0.4) is 0 Å². The average molecular weight is 274 g/mol. The number of carbonyl (C=O) groups excluding carboxylic acids is 1. The number of hydrogen-bond donors (Lipinski definition) is 2. The molecule has 1 unspecified atom stereocenters. The Kier molecular flexibility index (Phi) is 4.27. The van der Waals surface area contributed by atoms with E-state index in [4.69, 9.17) is 5.73 Å². The first-order chi connectivity index (χ1) is 8.49. The van der Waals surface area contributed by atoms with Crippen LogP contribution in [0.2, 0.25) is 0 Å². The van der Waals surface area contributed by atoms with Gasteiger partial charge in [0.25, 0.3) is 0 Å². The van der Waals surface area contributed by atoms with Gasteiger partial charge in [0.1, 0.15) is 5.75 Å². The summed E-state index contributed by atoms with van der Waals surface area (Å²) in [4.78, 5) is 11.6. The van der Waals surface area contributed by atoms with Gasteiger partial charge in [-0.2, -0.15) is 0 Å². The van der Waals surface area contributed by atoms with E-state index in [1.54, 1.807) is 0 Å². The Labute approximate surface area is 108 Å². The van der Waals surface area contributed by atoms with Crippen molar-refractivity contribution in [2.24, 2.45) is 11.7 Å². The Morgan fingerprint density at radius 3 is 2.39 bits per heavy atom. The Bertz CT molecular complexity index is 398. The lowest BCUT2D eigenvalue weighted by atomic mass is 10.2. The van der Waals surface area contributed by atoms with E-state index >= 15 is 0 Å². The van der Waals surface area contributed by atoms with E-state index in [1.807, 2.05) is 0 Å². The van der Waals surface area contributed by atoms with Crippen LogP contribution in [0.1, 0.15) is 38.5 Å². The summed E-state index contributed by atoms with van der Waals surface area (Å²) in [7, 11) is -3.26. The zero-order valence-electron chi connectivity index (χ0n) is 10.6. The van der Waals surface area contributed by atoms with Crippen molar-refractivity contribution in [3.63, 3.8) is 0 Å². The van der Waals surface area contributed by atoms with Crippen LogP contribution >= 0.6 is 0 Å². The van der Waals surface area contributed by atoms with Gasteiger partial charge in [-0.1, -0.05) is 12.8 Å². The molecule has 0 aromatic rings. The van der Waals surface area contributed by atoms with E-state index in [1.165, 1.54) is 0 Å². The van der Waals surface area contributed by atoms with Gasteiger partial charge < -0.3 is 11.1 Å². The highest BCUT2D eigenvalue weighted by Gasteiger charge is 2.32. The van der Waals surface area contributed by atoms with Crippen LogP contribution in [0.25, 0.3) is 0 Å². The summed E-state index contributed by atoms with van der Waals surface area (Å²) in [6.07, 6.45) is 5.57. The SMILES string of the molecule is NC(CNC(=O)CS(=O)(=O)C1CCCC1)C1CC1. The first kappa shape index (κ1) is 13.8. The molecule has 0 aromatic heterocycles. The highest BCUT2D eigenvalue weighted by molar-refractivity contribution is 7.92. The third-order valence-electron chi connectivity index (χ3n) is 3.90. The summed E-state index contributed by atoms with van der Waals surface area (Å²) in [5, 5.41) is 2.34. The summed E-state index contributed by atoms with van der Waals surface area (Å²) < 4.78 is 23.9. The molecule has 0 bridgehead atoms. The Hall–Kier alpha value is -0.620. The van der Waals surface area contributed by atoms with Crippen LogP contribution in [-0.4, -0.2) is 37.9 Å². The van der Waals surface area contributed by atoms with E-state index in [9.17, 15) is 13.2 Å². The van der Waals surface area contributed by atoms with Crippen molar-refractivity contribution in [3.8, 4) is 0 Å². The summed E-state index contributed by atoms with van der Waals surface area (Å²) in [5.74, 6) is -0.274. The van der Waals surface area contributed by atoms with Crippen LogP contribution in [0.5, 0.6) is 0 Å². The van der Waals surface area contributed by atoms with Gasteiger partial charge in [-0.25, -0.2) is 8.42 Å². The smallest absolute Gasteiger partial charge is 0.235 e. The topological polar surface area (TPSA) is 89.3 Å². The first-order valence-corrected chi connectivity index (χ1v) is 8.44. The highest BCUT2D eigenvalue weighted by atomic mass is 32.2. The maximum absolute atomic E-state index is 11.9. The second-order valence-electron chi connectivity index (χ2n) is 5.52. The molecule has 18 heavy (non-hydrogen) atoms. The lowest BCUT2D eigenvalue weighted by Gasteiger charge is -2.13. The predicted molar refractivity (Wildman–Crippen MR) is 69.8 cm³/mol. The molecule has 2 saturated carbocycles. The molecule has 1 amide bonds. The molecule has 2 fully saturated rings. The van der Waals surface area contributed by atoms with E-state index in [2.05, 4.69) is 5.32 Å². The molecule has 2 aliphatic rings. The fourth-order valence-corrected chi connectivity index (χ4v) is 4.28. The number of sulfone groups is 1.